The van der Waals surface area contributed by atoms with Gasteiger partial charge in [0.25, 0.3) is 0 Å². The summed E-state index contributed by atoms with van der Waals surface area (Å²) in [6.07, 6.45) is 2.06. The lowest BCUT2D eigenvalue weighted by molar-refractivity contribution is -0.138. The van der Waals surface area contributed by atoms with E-state index >= 15 is 0 Å². The van der Waals surface area contributed by atoms with Gasteiger partial charge in [-0.1, -0.05) is 50.2 Å². The Morgan fingerprint density at radius 2 is 1.71 bits per heavy atom. The number of benzene rings is 2. The molecule has 0 aliphatic carbocycles. The van der Waals surface area contributed by atoms with Gasteiger partial charge in [-0.2, -0.15) is 0 Å². The van der Waals surface area contributed by atoms with E-state index in [1.165, 1.54) is 11.1 Å². The van der Waals surface area contributed by atoms with E-state index in [2.05, 4.69) is 31.3 Å². The topological polar surface area (TPSA) is 58.6 Å². The largest absolute Gasteiger partial charge is 0.490 e. The van der Waals surface area contributed by atoms with Crippen LogP contribution in [0.2, 0.25) is 0 Å². The predicted octanol–water partition coefficient (Wildman–Crippen LogP) is 4.58. The molecule has 1 atom stereocenters. The van der Waals surface area contributed by atoms with Gasteiger partial charge in [-0.15, -0.1) is 0 Å². The molecule has 1 heterocycles. The first-order valence-corrected chi connectivity index (χ1v) is 11.2. The SMILES string of the molecule is Cc1ccc(OC2CCN(C(=O)C(NC(=O)CC(C)C)c3ccccc3)CC2)cc1C. The minimum atomic E-state index is -0.648. The molecule has 0 aromatic heterocycles. The molecular formula is C26H34N2O3. The Kier molecular flexibility index (Phi) is 7.72. The van der Waals surface area contributed by atoms with E-state index in [-0.39, 0.29) is 23.8 Å². The number of likely N-dealkylation sites (tertiary alicyclic amines) is 1. The molecule has 5 heteroatoms. The molecule has 1 N–H and O–H groups in total. The van der Waals surface area contributed by atoms with Crippen molar-refractivity contribution in [1.82, 2.24) is 10.2 Å². The highest BCUT2D eigenvalue weighted by molar-refractivity contribution is 5.88. The lowest BCUT2D eigenvalue weighted by Gasteiger charge is -2.34. The molecule has 2 aromatic carbocycles. The Bertz CT molecular complexity index is 887. The fourth-order valence-electron chi connectivity index (χ4n) is 3.88. The van der Waals surface area contributed by atoms with Crippen LogP contribution in [0.5, 0.6) is 5.75 Å². The number of carbonyl (C=O) groups is 2. The van der Waals surface area contributed by atoms with E-state index < -0.39 is 6.04 Å². The zero-order valence-corrected chi connectivity index (χ0v) is 19.1. The molecule has 1 saturated heterocycles. The van der Waals surface area contributed by atoms with Gasteiger partial charge in [-0.25, -0.2) is 0 Å². The molecule has 31 heavy (non-hydrogen) atoms. The van der Waals surface area contributed by atoms with Crippen molar-refractivity contribution in [3.63, 3.8) is 0 Å². The van der Waals surface area contributed by atoms with Crippen LogP contribution in [0.3, 0.4) is 0 Å². The maximum atomic E-state index is 13.3. The summed E-state index contributed by atoms with van der Waals surface area (Å²) in [6, 6.07) is 15.0. The van der Waals surface area contributed by atoms with Crippen LogP contribution in [0, 0.1) is 19.8 Å². The Morgan fingerprint density at radius 3 is 2.32 bits per heavy atom. The number of piperidine rings is 1. The molecule has 0 spiro atoms. The molecule has 2 amide bonds. The number of amides is 2. The van der Waals surface area contributed by atoms with Crippen LogP contribution in [0.4, 0.5) is 0 Å². The second-order valence-electron chi connectivity index (χ2n) is 8.90. The van der Waals surface area contributed by atoms with Crippen LogP contribution in [-0.2, 0) is 9.59 Å². The lowest BCUT2D eigenvalue weighted by Crippen LogP contribution is -2.47. The molecule has 166 valence electrons. The molecule has 0 bridgehead atoms. The maximum Gasteiger partial charge on any atom is 0.249 e. The summed E-state index contributed by atoms with van der Waals surface area (Å²) in [6.45, 7) is 9.42. The molecule has 0 saturated carbocycles. The van der Waals surface area contributed by atoms with Gasteiger partial charge in [-0.3, -0.25) is 9.59 Å². The number of hydrogen-bond acceptors (Lipinski definition) is 3. The van der Waals surface area contributed by atoms with Gasteiger partial charge in [0.2, 0.25) is 11.8 Å². The molecule has 1 aliphatic rings. The Morgan fingerprint density at radius 1 is 1.03 bits per heavy atom. The van der Waals surface area contributed by atoms with Gasteiger partial charge >= 0.3 is 0 Å². The standard InChI is InChI=1S/C26H34N2O3/c1-18(2)16-24(29)27-25(21-8-6-5-7-9-21)26(30)28-14-12-22(13-15-28)31-23-11-10-19(3)20(4)17-23/h5-11,17-18,22,25H,12-16H2,1-4H3,(H,27,29). The molecule has 3 rings (SSSR count). The highest BCUT2D eigenvalue weighted by Crippen LogP contribution is 2.24. The van der Waals surface area contributed by atoms with Crippen molar-refractivity contribution in [2.45, 2.75) is 59.1 Å². The van der Waals surface area contributed by atoms with Crippen molar-refractivity contribution in [3.8, 4) is 5.75 Å². The molecule has 5 nitrogen and oxygen atoms in total. The number of carbonyl (C=O) groups excluding carboxylic acids is 2. The van der Waals surface area contributed by atoms with E-state index in [1.54, 1.807) is 0 Å². The average Bonchev–Trinajstić information content (AvgIpc) is 2.75. The summed E-state index contributed by atoms with van der Waals surface area (Å²) >= 11 is 0. The maximum absolute atomic E-state index is 13.3. The number of ether oxygens (including phenoxy) is 1. The minimum Gasteiger partial charge on any atom is -0.490 e. The van der Waals surface area contributed by atoms with E-state index in [0.29, 0.717) is 19.5 Å². The second kappa shape index (κ2) is 10.5. The summed E-state index contributed by atoms with van der Waals surface area (Å²) in [7, 11) is 0. The van der Waals surface area contributed by atoms with E-state index in [9.17, 15) is 9.59 Å². The van der Waals surface area contributed by atoms with Gasteiger partial charge in [0, 0.05) is 32.4 Å². The van der Waals surface area contributed by atoms with Crippen LogP contribution in [0.15, 0.2) is 48.5 Å². The number of hydrogen-bond donors (Lipinski definition) is 1. The minimum absolute atomic E-state index is 0.0482. The Balaban J connectivity index is 1.63. The molecule has 0 radical (unpaired) electrons. The first-order chi connectivity index (χ1) is 14.8. The summed E-state index contributed by atoms with van der Waals surface area (Å²) < 4.78 is 6.16. The van der Waals surface area contributed by atoms with Gasteiger partial charge in [0.05, 0.1) is 0 Å². The van der Waals surface area contributed by atoms with Crippen molar-refractivity contribution in [2.24, 2.45) is 5.92 Å². The lowest BCUT2D eigenvalue weighted by atomic mass is 10.0. The summed E-state index contributed by atoms with van der Waals surface area (Å²) in [5.41, 5.74) is 3.28. The third-order valence-electron chi connectivity index (χ3n) is 5.81. The third-order valence-corrected chi connectivity index (χ3v) is 5.81. The number of nitrogens with one attached hydrogen (secondary N) is 1. The quantitative estimate of drug-likeness (QED) is 0.711. The third kappa shape index (κ3) is 6.33. The summed E-state index contributed by atoms with van der Waals surface area (Å²) in [5, 5.41) is 2.96. The van der Waals surface area contributed by atoms with Crippen LogP contribution in [0.1, 0.15) is 55.8 Å². The van der Waals surface area contributed by atoms with Gasteiger partial charge in [-0.05, 0) is 48.6 Å². The number of rotatable bonds is 7. The highest BCUT2D eigenvalue weighted by atomic mass is 16.5. The van der Waals surface area contributed by atoms with E-state index in [0.717, 1.165) is 24.2 Å². The number of aryl methyl sites for hydroxylation is 2. The molecular weight excluding hydrogens is 388 g/mol. The van der Waals surface area contributed by atoms with Crippen molar-refractivity contribution in [3.05, 3.63) is 65.2 Å². The second-order valence-corrected chi connectivity index (χ2v) is 8.90. The van der Waals surface area contributed by atoms with Crippen LogP contribution < -0.4 is 10.1 Å². The summed E-state index contributed by atoms with van der Waals surface area (Å²) in [5.74, 6) is 0.985. The fourth-order valence-corrected chi connectivity index (χ4v) is 3.88. The van der Waals surface area contributed by atoms with Crippen molar-refractivity contribution in [1.29, 1.82) is 0 Å². The predicted molar refractivity (Wildman–Crippen MR) is 123 cm³/mol. The summed E-state index contributed by atoms with van der Waals surface area (Å²) in [4.78, 5) is 27.6. The molecule has 2 aromatic rings. The van der Waals surface area contributed by atoms with Crippen molar-refractivity contribution >= 4 is 11.8 Å². The van der Waals surface area contributed by atoms with E-state index in [4.69, 9.17) is 4.74 Å². The fraction of sp³-hybridized carbons (Fsp3) is 0.462. The zero-order valence-electron chi connectivity index (χ0n) is 19.1. The van der Waals surface area contributed by atoms with Gasteiger partial charge in [0.15, 0.2) is 0 Å². The van der Waals surface area contributed by atoms with E-state index in [1.807, 2.05) is 55.1 Å². The van der Waals surface area contributed by atoms with Crippen LogP contribution in [-0.4, -0.2) is 35.9 Å². The Labute approximate surface area is 185 Å². The van der Waals surface area contributed by atoms with Crippen molar-refractivity contribution < 1.29 is 14.3 Å². The normalized spacial score (nSPS) is 15.6. The van der Waals surface area contributed by atoms with Crippen molar-refractivity contribution in [2.75, 3.05) is 13.1 Å². The van der Waals surface area contributed by atoms with Gasteiger partial charge in [0.1, 0.15) is 17.9 Å². The Hall–Kier alpha value is -2.82. The first kappa shape index (κ1) is 22.9. The number of nitrogens with zero attached hydrogens (tertiary/aromatic N) is 1. The monoisotopic (exact) mass is 422 g/mol. The average molecular weight is 423 g/mol. The van der Waals surface area contributed by atoms with Crippen LogP contribution >= 0.6 is 0 Å². The highest BCUT2D eigenvalue weighted by Gasteiger charge is 2.31. The first-order valence-electron chi connectivity index (χ1n) is 11.2. The molecule has 1 fully saturated rings. The smallest absolute Gasteiger partial charge is 0.249 e. The van der Waals surface area contributed by atoms with Gasteiger partial charge < -0.3 is 15.0 Å². The zero-order chi connectivity index (χ0) is 22.4. The molecule has 1 unspecified atom stereocenters. The van der Waals surface area contributed by atoms with Crippen LogP contribution in [0.25, 0.3) is 0 Å². The molecule has 1 aliphatic heterocycles.